The number of aryl methyl sites for hydroxylation is 1. The fourth-order valence-electron chi connectivity index (χ4n) is 3.90. The number of nitrogens with zero attached hydrogens (tertiary/aromatic N) is 2. The van der Waals surface area contributed by atoms with E-state index in [2.05, 4.69) is 0 Å². The Morgan fingerprint density at radius 1 is 1.00 bits per heavy atom. The fraction of sp³-hybridized carbons (Fsp3) is 0.417. The molecule has 0 aliphatic carbocycles. The number of ether oxygens (including phenoxy) is 3. The zero-order chi connectivity index (χ0) is 22.5. The minimum atomic E-state index is -0.118. The van der Waals surface area contributed by atoms with E-state index in [1.54, 1.807) is 24.1 Å². The molecule has 0 unspecified atom stereocenters. The number of amides is 2. The third kappa shape index (κ3) is 5.10. The maximum absolute atomic E-state index is 13.0. The number of hydrogen-bond donors (Lipinski definition) is 0. The highest BCUT2D eigenvalue weighted by Gasteiger charge is 2.26. The smallest absolute Gasteiger partial charge is 0.254 e. The molecule has 0 spiro atoms. The van der Waals surface area contributed by atoms with Crippen LogP contribution in [0.3, 0.4) is 0 Å². The molecule has 0 saturated carbocycles. The van der Waals surface area contributed by atoms with Gasteiger partial charge in [0.05, 0.1) is 25.3 Å². The summed E-state index contributed by atoms with van der Waals surface area (Å²) in [7, 11) is 1.63. The standard InChI is InChI=1S/C24H27ClN2O5/c1-30-19-6-3-17(4-7-19)5-8-22(28)26-9-11-27(12-10-26)24(29)18-15-20(25)23-21(16-18)31-13-2-14-32-23/h3-4,6-7,15-16H,2,5,8-14H2,1H3. The van der Waals surface area contributed by atoms with Gasteiger partial charge in [0.15, 0.2) is 11.5 Å². The Bertz CT molecular complexity index is 971. The largest absolute Gasteiger partial charge is 0.497 e. The van der Waals surface area contributed by atoms with E-state index in [9.17, 15) is 9.59 Å². The lowest BCUT2D eigenvalue weighted by Crippen LogP contribution is -2.50. The molecule has 2 aromatic carbocycles. The van der Waals surface area contributed by atoms with E-state index < -0.39 is 0 Å². The molecule has 2 aliphatic rings. The van der Waals surface area contributed by atoms with Crippen LogP contribution in [0, 0.1) is 0 Å². The van der Waals surface area contributed by atoms with Gasteiger partial charge in [0.25, 0.3) is 5.91 Å². The molecule has 7 nitrogen and oxygen atoms in total. The van der Waals surface area contributed by atoms with Crippen LogP contribution in [0.5, 0.6) is 17.2 Å². The lowest BCUT2D eigenvalue weighted by Gasteiger charge is -2.35. The van der Waals surface area contributed by atoms with Crippen LogP contribution in [-0.2, 0) is 11.2 Å². The predicted molar refractivity (Wildman–Crippen MR) is 121 cm³/mol. The number of benzene rings is 2. The molecule has 2 aliphatic heterocycles. The van der Waals surface area contributed by atoms with E-state index in [-0.39, 0.29) is 11.8 Å². The molecule has 2 amide bonds. The van der Waals surface area contributed by atoms with Gasteiger partial charge in [-0.05, 0) is 36.2 Å². The average molecular weight is 459 g/mol. The van der Waals surface area contributed by atoms with Gasteiger partial charge in [0.2, 0.25) is 5.91 Å². The van der Waals surface area contributed by atoms with Crippen LogP contribution < -0.4 is 14.2 Å². The minimum absolute atomic E-state index is 0.103. The maximum Gasteiger partial charge on any atom is 0.254 e. The SMILES string of the molecule is COc1ccc(CCC(=O)N2CCN(C(=O)c3cc(Cl)c4c(c3)OCCCO4)CC2)cc1. The predicted octanol–water partition coefficient (Wildman–Crippen LogP) is 3.43. The number of rotatable bonds is 5. The van der Waals surface area contributed by atoms with Crippen molar-refractivity contribution in [2.75, 3.05) is 46.5 Å². The molecule has 4 rings (SSSR count). The topological polar surface area (TPSA) is 68.3 Å². The number of carbonyl (C=O) groups is 2. The third-order valence-electron chi connectivity index (χ3n) is 5.76. The molecular weight excluding hydrogens is 432 g/mol. The van der Waals surface area contributed by atoms with Crippen LogP contribution in [-0.4, -0.2) is 68.1 Å². The number of fused-ring (bicyclic) bond motifs is 1. The Morgan fingerprint density at radius 2 is 1.69 bits per heavy atom. The third-order valence-corrected chi connectivity index (χ3v) is 6.04. The van der Waals surface area contributed by atoms with Crippen LogP contribution in [0.4, 0.5) is 0 Å². The summed E-state index contributed by atoms with van der Waals surface area (Å²) in [6, 6.07) is 11.1. The van der Waals surface area contributed by atoms with Crippen molar-refractivity contribution in [2.24, 2.45) is 0 Å². The molecule has 0 bridgehead atoms. The van der Waals surface area contributed by atoms with Gasteiger partial charge < -0.3 is 24.0 Å². The van der Waals surface area contributed by atoms with Crippen molar-refractivity contribution in [1.82, 2.24) is 9.80 Å². The number of piperazine rings is 1. The van der Waals surface area contributed by atoms with E-state index in [0.717, 1.165) is 17.7 Å². The second kappa shape index (κ2) is 10.1. The van der Waals surface area contributed by atoms with Gasteiger partial charge in [-0.15, -0.1) is 0 Å². The monoisotopic (exact) mass is 458 g/mol. The second-order valence-corrected chi connectivity index (χ2v) is 8.26. The van der Waals surface area contributed by atoms with Crippen molar-refractivity contribution < 1.29 is 23.8 Å². The van der Waals surface area contributed by atoms with Gasteiger partial charge in [0.1, 0.15) is 5.75 Å². The highest BCUT2D eigenvalue weighted by Crippen LogP contribution is 2.38. The van der Waals surface area contributed by atoms with Crippen LogP contribution in [0.25, 0.3) is 0 Å². The zero-order valence-corrected chi connectivity index (χ0v) is 18.9. The van der Waals surface area contributed by atoms with Crippen molar-refractivity contribution in [3.05, 3.63) is 52.5 Å². The van der Waals surface area contributed by atoms with Gasteiger partial charge in [0, 0.05) is 44.6 Å². The van der Waals surface area contributed by atoms with E-state index in [0.29, 0.717) is 74.3 Å². The zero-order valence-electron chi connectivity index (χ0n) is 18.1. The Balaban J connectivity index is 1.31. The van der Waals surface area contributed by atoms with Crippen LogP contribution >= 0.6 is 11.6 Å². The first-order valence-corrected chi connectivity index (χ1v) is 11.2. The summed E-state index contributed by atoms with van der Waals surface area (Å²) in [5.41, 5.74) is 1.57. The molecule has 8 heteroatoms. The van der Waals surface area contributed by atoms with Gasteiger partial charge in [-0.1, -0.05) is 23.7 Å². The van der Waals surface area contributed by atoms with Crippen LogP contribution in [0.2, 0.25) is 5.02 Å². The molecule has 0 radical (unpaired) electrons. The maximum atomic E-state index is 13.0. The van der Waals surface area contributed by atoms with Crippen LogP contribution in [0.1, 0.15) is 28.8 Å². The van der Waals surface area contributed by atoms with Gasteiger partial charge >= 0.3 is 0 Å². The van der Waals surface area contributed by atoms with E-state index in [4.69, 9.17) is 25.8 Å². The van der Waals surface area contributed by atoms with Crippen molar-refractivity contribution >= 4 is 23.4 Å². The second-order valence-electron chi connectivity index (χ2n) is 7.86. The Morgan fingerprint density at radius 3 is 2.41 bits per heavy atom. The lowest BCUT2D eigenvalue weighted by molar-refractivity contribution is -0.132. The number of halogens is 1. The molecule has 1 fully saturated rings. The highest BCUT2D eigenvalue weighted by atomic mass is 35.5. The van der Waals surface area contributed by atoms with E-state index in [1.807, 2.05) is 29.2 Å². The molecule has 1 saturated heterocycles. The first-order valence-electron chi connectivity index (χ1n) is 10.8. The minimum Gasteiger partial charge on any atom is -0.497 e. The molecule has 170 valence electrons. The summed E-state index contributed by atoms with van der Waals surface area (Å²) in [6.07, 6.45) is 1.89. The summed E-state index contributed by atoms with van der Waals surface area (Å²) in [5.74, 6) is 1.79. The Hall–Kier alpha value is -2.93. The molecular formula is C24H27ClN2O5. The van der Waals surface area contributed by atoms with E-state index >= 15 is 0 Å². The van der Waals surface area contributed by atoms with E-state index in [1.165, 1.54) is 0 Å². The molecule has 2 aromatic rings. The Kier molecular flexibility index (Phi) is 7.05. The molecule has 0 atom stereocenters. The number of methoxy groups -OCH3 is 1. The van der Waals surface area contributed by atoms with Crippen LogP contribution in [0.15, 0.2) is 36.4 Å². The van der Waals surface area contributed by atoms with Crippen molar-refractivity contribution in [3.63, 3.8) is 0 Å². The Labute approximate surface area is 192 Å². The van der Waals surface area contributed by atoms with Gasteiger partial charge in [-0.2, -0.15) is 0 Å². The van der Waals surface area contributed by atoms with Crippen molar-refractivity contribution in [3.8, 4) is 17.2 Å². The fourth-order valence-corrected chi connectivity index (χ4v) is 4.16. The first kappa shape index (κ1) is 22.3. The number of hydrogen-bond acceptors (Lipinski definition) is 5. The molecule has 0 N–H and O–H groups in total. The number of carbonyl (C=O) groups excluding carboxylic acids is 2. The summed E-state index contributed by atoms with van der Waals surface area (Å²) in [5, 5.41) is 0.375. The molecule has 32 heavy (non-hydrogen) atoms. The summed E-state index contributed by atoms with van der Waals surface area (Å²) < 4.78 is 16.5. The van der Waals surface area contributed by atoms with Gasteiger partial charge in [-0.25, -0.2) is 0 Å². The summed E-state index contributed by atoms with van der Waals surface area (Å²) >= 11 is 6.33. The summed E-state index contributed by atoms with van der Waals surface area (Å²) in [6.45, 7) is 3.07. The van der Waals surface area contributed by atoms with Crippen molar-refractivity contribution in [1.29, 1.82) is 0 Å². The highest BCUT2D eigenvalue weighted by molar-refractivity contribution is 6.32. The molecule has 0 aromatic heterocycles. The lowest BCUT2D eigenvalue weighted by atomic mass is 10.1. The average Bonchev–Trinajstić information content (AvgIpc) is 3.08. The normalized spacial score (nSPS) is 15.8. The summed E-state index contributed by atoms with van der Waals surface area (Å²) in [4.78, 5) is 29.2. The van der Waals surface area contributed by atoms with Gasteiger partial charge in [-0.3, -0.25) is 9.59 Å². The molecule has 2 heterocycles. The first-order chi connectivity index (χ1) is 15.5. The van der Waals surface area contributed by atoms with Crippen molar-refractivity contribution in [2.45, 2.75) is 19.3 Å². The quantitative estimate of drug-likeness (QED) is 0.686.